The van der Waals surface area contributed by atoms with Gasteiger partial charge in [0.15, 0.2) is 5.96 Å². The number of nitrogens with one attached hydrogen (secondary N) is 2. The van der Waals surface area contributed by atoms with Crippen LogP contribution in [-0.4, -0.2) is 68.2 Å². The molecular formula is C14H28N4O2S2. The molecule has 0 spiro atoms. The summed E-state index contributed by atoms with van der Waals surface area (Å²) in [7, 11) is -1.36. The van der Waals surface area contributed by atoms with Crippen molar-refractivity contribution >= 4 is 27.7 Å². The van der Waals surface area contributed by atoms with Crippen LogP contribution < -0.4 is 10.6 Å². The Balaban J connectivity index is 1.81. The highest BCUT2D eigenvalue weighted by Gasteiger charge is 2.32. The van der Waals surface area contributed by atoms with Gasteiger partial charge in [0.05, 0.1) is 6.26 Å². The van der Waals surface area contributed by atoms with E-state index in [0.29, 0.717) is 13.1 Å². The summed E-state index contributed by atoms with van der Waals surface area (Å²) in [6.07, 6.45) is 5.63. The molecule has 0 amide bonds. The Labute approximate surface area is 138 Å². The van der Waals surface area contributed by atoms with Crippen molar-refractivity contribution in [3.8, 4) is 0 Å². The second-order valence-electron chi connectivity index (χ2n) is 6.38. The van der Waals surface area contributed by atoms with Gasteiger partial charge in [-0.2, -0.15) is 16.1 Å². The Bertz CT molecular complexity index is 501. The molecule has 8 heteroatoms. The van der Waals surface area contributed by atoms with Gasteiger partial charge in [0, 0.05) is 37.5 Å². The number of aliphatic imine (C=N–C) groups is 1. The molecule has 2 saturated heterocycles. The highest BCUT2D eigenvalue weighted by Crippen LogP contribution is 2.36. The molecule has 0 aromatic carbocycles. The molecule has 2 aliphatic heterocycles. The summed E-state index contributed by atoms with van der Waals surface area (Å²) >= 11 is 2.01. The smallest absolute Gasteiger partial charge is 0.211 e. The predicted molar refractivity (Wildman–Crippen MR) is 94.0 cm³/mol. The maximum absolute atomic E-state index is 11.7. The molecule has 0 radical (unpaired) electrons. The van der Waals surface area contributed by atoms with Gasteiger partial charge in [-0.15, -0.1) is 0 Å². The minimum absolute atomic E-state index is 0.0324. The van der Waals surface area contributed by atoms with Crippen molar-refractivity contribution in [2.75, 3.05) is 38.7 Å². The molecule has 2 fully saturated rings. The number of sulfonamides is 1. The molecule has 6 nitrogen and oxygen atoms in total. The number of hydrogen-bond donors (Lipinski definition) is 2. The van der Waals surface area contributed by atoms with Crippen LogP contribution in [0, 0.1) is 0 Å². The molecule has 1 unspecified atom stereocenters. The van der Waals surface area contributed by atoms with E-state index in [1.807, 2.05) is 11.8 Å². The van der Waals surface area contributed by atoms with E-state index in [1.54, 1.807) is 11.4 Å². The highest BCUT2D eigenvalue weighted by atomic mass is 32.2. The standard InChI is InChI=1S/C14H28N4O2S2/c1-14(7-5-9-21-14)11-17-13(15-2)16-10-12-6-4-8-18(12)22(3,19)20/h12H,4-11H2,1-3H3,(H2,15,16,17)/t12-,14?/m1/s1. The first-order valence-corrected chi connectivity index (χ1v) is 10.7. The van der Waals surface area contributed by atoms with Gasteiger partial charge < -0.3 is 10.6 Å². The lowest BCUT2D eigenvalue weighted by Gasteiger charge is -2.26. The van der Waals surface area contributed by atoms with Crippen LogP contribution in [0.4, 0.5) is 0 Å². The zero-order valence-electron chi connectivity index (χ0n) is 13.8. The number of thioether (sulfide) groups is 1. The molecule has 128 valence electrons. The Morgan fingerprint density at radius 1 is 1.41 bits per heavy atom. The van der Waals surface area contributed by atoms with Crippen LogP contribution in [0.1, 0.15) is 32.6 Å². The quantitative estimate of drug-likeness (QED) is 0.569. The van der Waals surface area contributed by atoms with Crippen LogP contribution in [0.25, 0.3) is 0 Å². The summed E-state index contributed by atoms with van der Waals surface area (Å²) in [5, 5.41) is 6.66. The van der Waals surface area contributed by atoms with E-state index in [0.717, 1.165) is 25.3 Å². The van der Waals surface area contributed by atoms with Crippen LogP contribution in [0.15, 0.2) is 4.99 Å². The first kappa shape index (κ1) is 17.9. The SMILES string of the molecule is CN=C(NC[C@H]1CCCN1S(C)(=O)=O)NCC1(C)CCCS1. The molecule has 0 saturated carbocycles. The number of hydrogen-bond acceptors (Lipinski definition) is 4. The molecule has 2 atom stereocenters. The van der Waals surface area contributed by atoms with Gasteiger partial charge in [-0.1, -0.05) is 0 Å². The van der Waals surface area contributed by atoms with Crippen molar-refractivity contribution in [1.82, 2.24) is 14.9 Å². The van der Waals surface area contributed by atoms with Gasteiger partial charge in [-0.25, -0.2) is 8.42 Å². The van der Waals surface area contributed by atoms with E-state index in [4.69, 9.17) is 0 Å². The third-order valence-corrected chi connectivity index (χ3v) is 7.28. The molecule has 0 aromatic rings. The summed E-state index contributed by atoms with van der Waals surface area (Å²) in [6.45, 7) is 4.41. The zero-order valence-corrected chi connectivity index (χ0v) is 15.4. The van der Waals surface area contributed by atoms with Gasteiger partial charge in [0.1, 0.15) is 0 Å². The highest BCUT2D eigenvalue weighted by molar-refractivity contribution is 8.00. The van der Waals surface area contributed by atoms with Gasteiger partial charge in [0.25, 0.3) is 0 Å². The van der Waals surface area contributed by atoms with Crippen molar-refractivity contribution in [2.24, 2.45) is 4.99 Å². The minimum Gasteiger partial charge on any atom is -0.355 e. The van der Waals surface area contributed by atoms with Crippen molar-refractivity contribution in [1.29, 1.82) is 0 Å². The maximum Gasteiger partial charge on any atom is 0.211 e. The average Bonchev–Trinajstić information content (AvgIpc) is 3.08. The Hall–Kier alpha value is -0.470. The number of rotatable bonds is 5. The number of guanidine groups is 1. The summed E-state index contributed by atoms with van der Waals surface area (Å²) in [5.41, 5.74) is 0. The Morgan fingerprint density at radius 3 is 2.77 bits per heavy atom. The fraction of sp³-hybridized carbons (Fsp3) is 0.929. The molecule has 2 N–H and O–H groups in total. The first-order chi connectivity index (χ1) is 10.3. The van der Waals surface area contributed by atoms with E-state index in [1.165, 1.54) is 24.9 Å². The van der Waals surface area contributed by atoms with E-state index in [2.05, 4.69) is 22.5 Å². The second-order valence-corrected chi connectivity index (χ2v) is 10.00. The lowest BCUT2D eigenvalue weighted by molar-refractivity contribution is 0.387. The average molecular weight is 349 g/mol. The normalized spacial score (nSPS) is 30.7. The van der Waals surface area contributed by atoms with Gasteiger partial charge in [-0.3, -0.25) is 4.99 Å². The van der Waals surface area contributed by atoms with Crippen LogP contribution in [0.3, 0.4) is 0 Å². The summed E-state index contributed by atoms with van der Waals surface area (Å²) in [4.78, 5) is 4.25. The second kappa shape index (κ2) is 7.40. The van der Waals surface area contributed by atoms with E-state index >= 15 is 0 Å². The number of nitrogens with zero attached hydrogens (tertiary/aromatic N) is 2. The van der Waals surface area contributed by atoms with E-state index < -0.39 is 10.0 Å². The Kier molecular flexibility index (Phi) is 6.01. The topological polar surface area (TPSA) is 73.8 Å². The summed E-state index contributed by atoms with van der Waals surface area (Å²) < 4.78 is 25.4. The first-order valence-electron chi connectivity index (χ1n) is 7.89. The molecule has 0 bridgehead atoms. The molecule has 2 rings (SSSR count). The fourth-order valence-corrected chi connectivity index (χ4v) is 5.56. The lowest BCUT2D eigenvalue weighted by Crippen LogP contribution is -2.48. The monoisotopic (exact) mass is 348 g/mol. The van der Waals surface area contributed by atoms with Crippen molar-refractivity contribution in [2.45, 2.75) is 43.4 Å². The van der Waals surface area contributed by atoms with Crippen LogP contribution in [-0.2, 0) is 10.0 Å². The van der Waals surface area contributed by atoms with Gasteiger partial charge in [0.2, 0.25) is 10.0 Å². The van der Waals surface area contributed by atoms with Crippen LogP contribution in [0.2, 0.25) is 0 Å². The molecular weight excluding hydrogens is 320 g/mol. The molecule has 2 aliphatic rings. The molecule has 0 aromatic heterocycles. The van der Waals surface area contributed by atoms with Gasteiger partial charge in [-0.05, 0) is 38.4 Å². The molecule has 2 heterocycles. The van der Waals surface area contributed by atoms with Crippen molar-refractivity contribution in [3.63, 3.8) is 0 Å². The minimum atomic E-state index is -3.11. The summed E-state index contributed by atoms with van der Waals surface area (Å²) in [5.74, 6) is 1.99. The van der Waals surface area contributed by atoms with Gasteiger partial charge >= 0.3 is 0 Å². The zero-order chi connectivity index (χ0) is 16.2. The Morgan fingerprint density at radius 2 is 2.18 bits per heavy atom. The van der Waals surface area contributed by atoms with Crippen molar-refractivity contribution < 1.29 is 8.42 Å². The molecule has 22 heavy (non-hydrogen) atoms. The fourth-order valence-electron chi connectivity index (χ4n) is 3.13. The van der Waals surface area contributed by atoms with Crippen LogP contribution >= 0.6 is 11.8 Å². The summed E-state index contributed by atoms with van der Waals surface area (Å²) in [6, 6.07) is 0.0324. The molecule has 0 aliphatic carbocycles. The maximum atomic E-state index is 11.7. The van der Waals surface area contributed by atoms with E-state index in [-0.39, 0.29) is 10.8 Å². The lowest BCUT2D eigenvalue weighted by atomic mass is 10.1. The predicted octanol–water partition coefficient (Wildman–Crippen LogP) is 0.861. The van der Waals surface area contributed by atoms with E-state index in [9.17, 15) is 8.42 Å². The third-order valence-electron chi connectivity index (χ3n) is 4.41. The van der Waals surface area contributed by atoms with Crippen LogP contribution in [0.5, 0.6) is 0 Å². The van der Waals surface area contributed by atoms with Crippen molar-refractivity contribution in [3.05, 3.63) is 0 Å². The third kappa shape index (κ3) is 4.76. The largest absolute Gasteiger partial charge is 0.355 e.